The van der Waals surface area contributed by atoms with Crippen molar-refractivity contribution < 1.29 is 14.1 Å². The van der Waals surface area contributed by atoms with Gasteiger partial charge in [0.05, 0.1) is 37.8 Å². The van der Waals surface area contributed by atoms with Crippen LogP contribution < -0.4 is 9.80 Å². The van der Waals surface area contributed by atoms with Crippen molar-refractivity contribution >= 4 is 11.5 Å². The minimum absolute atomic E-state index is 0.113. The number of benzene rings is 3. The van der Waals surface area contributed by atoms with E-state index in [1.165, 1.54) is 11.0 Å². The maximum atomic E-state index is 14.0. The topological polar surface area (TPSA) is 48.5 Å². The summed E-state index contributed by atoms with van der Waals surface area (Å²) in [4.78, 5) is 16.6. The van der Waals surface area contributed by atoms with Crippen LogP contribution in [0.4, 0.5) is 10.1 Å². The summed E-state index contributed by atoms with van der Waals surface area (Å²) in [5, 5.41) is 8.95. The number of rotatable bonds is 5. The number of piperazine rings is 1. The van der Waals surface area contributed by atoms with Crippen molar-refractivity contribution in [2.75, 3.05) is 31.1 Å². The van der Waals surface area contributed by atoms with Gasteiger partial charge in [0.15, 0.2) is 0 Å². The number of ketones is 1. The molecule has 5 heteroatoms. The van der Waals surface area contributed by atoms with Crippen LogP contribution in [0.15, 0.2) is 72.8 Å². The van der Waals surface area contributed by atoms with Crippen molar-refractivity contribution in [3.63, 3.8) is 0 Å². The number of quaternary nitrogens is 1. The molecule has 0 saturated carbocycles. The summed E-state index contributed by atoms with van der Waals surface area (Å²) in [7, 11) is 0. The number of hydrogen-bond donors (Lipinski definition) is 1. The molecule has 4 rings (SSSR count). The summed E-state index contributed by atoms with van der Waals surface area (Å²) in [6.45, 7) is 5.47. The molecule has 156 valence electrons. The van der Waals surface area contributed by atoms with Crippen LogP contribution in [0.2, 0.25) is 0 Å². The first-order chi connectivity index (χ1) is 15.1. The van der Waals surface area contributed by atoms with E-state index in [2.05, 4.69) is 11.0 Å². The Morgan fingerprint density at radius 3 is 2.26 bits per heavy atom. The Balaban J connectivity index is 1.38. The maximum Gasteiger partial charge on any atom is 0.219 e. The highest BCUT2D eigenvalue weighted by Crippen LogP contribution is 2.23. The second-order valence-electron chi connectivity index (χ2n) is 7.95. The molecule has 1 atom stereocenters. The third-order valence-corrected chi connectivity index (χ3v) is 6.13. The molecule has 1 heterocycles. The number of nitrogens with one attached hydrogen (secondary N) is 1. The van der Waals surface area contributed by atoms with Gasteiger partial charge < -0.3 is 9.80 Å². The first-order valence-electron chi connectivity index (χ1n) is 10.6. The van der Waals surface area contributed by atoms with Crippen LogP contribution >= 0.6 is 0 Å². The Bertz CT molecular complexity index is 1090. The molecular weight excluding hydrogens is 389 g/mol. The fraction of sp³-hybridized carbons (Fsp3) is 0.231. The molecule has 3 aromatic rings. The van der Waals surface area contributed by atoms with Gasteiger partial charge in [0, 0.05) is 16.8 Å². The molecule has 1 aliphatic heterocycles. The van der Waals surface area contributed by atoms with Crippen LogP contribution in [-0.2, 0) is 0 Å². The molecule has 31 heavy (non-hydrogen) atoms. The number of anilines is 1. The lowest BCUT2D eigenvalue weighted by Gasteiger charge is -2.36. The monoisotopic (exact) mass is 414 g/mol. The molecule has 0 spiro atoms. The first kappa shape index (κ1) is 20.8. The third-order valence-electron chi connectivity index (χ3n) is 6.13. The van der Waals surface area contributed by atoms with Gasteiger partial charge in [-0.05, 0) is 42.8 Å². The minimum atomic E-state index is -0.264. The second-order valence-corrected chi connectivity index (χ2v) is 7.95. The quantitative estimate of drug-likeness (QED) is 0.652. The van der Waals surface area contributed by atoms with Crippen molar-refractivity contribution in [2.24, 2.45) is 0 Å². The lowest BCUT2D eigenvalue weighted by Crippen LogP contribution is -3.18. The highest BCUT2D eigenvalue weighted by atomic mass is 19.1. The molecule has 0 amide bonds. The zero-order valence-corrected chi connectivity index (χ0v) is 17.5. The van der Waals surface area contributed by atoms with Crippen molar-refractivity contribution in [1.29, 1.82) is 5.26 Å². The van der Waals surface area contributed by atoms with Gasteiger partial charge >= 0.3 is 0 Å². The Kier molecular flexibility index (Phi) is 6.11. The number of halogens is 1. The lowest BCUT2D eigenvalue weighted by atomic mass is 9.99. The summed E-state index contributed by atoms with van der Waals surface area (Å²) in [6.07, 6.45) is 0. The van der Waals surface area contributed by atoms with Crippen molar-refractivity contribution in [3.05, 3.63) is 89.7 Å². The molecule has 0 radical (unpaired) electrons. The van der Waals surface area contributed by atoms with Gasteiger partial charge in [-0.15, -0.1) is 0 Å². The maximum absolute atomic E-state index is 14.0. The first-order valence-corrected chi connectivity index (χ1v) is 10.6. The van der Waals surface area contributed by atoms with E-state index in [4.69, 9.17) is 5.26 Å². The number of nitriles is 1. The zero-order chi connectivity index (χ0) is 21.8. The van der Waals surface area contributed by atoms with E-state index in [9.17, 15) is 9.18 Å². The number of nitrogens with zero attached hydrogens (tertiary/aromatic N) is 2. The molecule has 1 saturated heterocycles. The van der Waals surface area contributed by atoms with E-state index in [1.807, 2.05) is 43.3 Å². The summed E-state index contributed by atoms with van der Waals surface area (Å²) >= 11 is 0. The fourth-order valence-electron chi connectivity index (χ4n) is 4.18. The normalized spacial score (nSPS) is 15.3. The van der Waals surface area contributed by atoms with Crippen molar-refractivity contribution in [3.8, 4) is 17.2 Å². The van der Waals surface area contributed by atoms with Gasteiger partial charge in [-0.25, -0.2) is 4.39 Å². The second kappa shape index (κ2) is 9.11. The summed E-state index contributed by atoms with van der Waals surface area (Å²) < 4.78 is 14.0. The van der Waals surface area contributed by atoms with Crippen molar-refractivity contribution in [1.82, 2.24) is 0 Å². The Hall–Kier alpha value is -3.49. The SMILES string of the molecule is C[C@@H](C(=O)c1ccc(-c2ccccc2F)cc1)[NH+]1CCN(c2ccc(C#N)cc2)CC1. The van der Waals surface area contributed by atoms with Crippen LogP contribution in [0, 0.1) is 17.1 Å². The van der Waals surface area contributed by atoms with Gasteiger partial charge in [0.25, 0.3) is 0 Å². The Labute approximate surface area is 182 Å². The number of carbonyl (C=O) groups is 1. The number of Topliss-reactive ketones (excluding diaryl/α,β-unsaturated/α-hetero) is 1. The molecule has 1 aliphatic rings. The molecule has 0 unspecified atom stereocenters. The molecule has 3 aromatic carbocycles. The molecule has 1 N–H and O–H groups in total. The lowest BCUT2D eigenvalue weighted by molar-refractivity contribution is -0.914. The fourth-order valence-corrected chi connectivity index (χ4v) is 4.18. The summed E-state index contributed by atoms with van der Waals surface area (Å²) in [5.41, 5.74) is 3.74. The molecule has 0 bridgehead atoms. The number of hydrogen-bond acceptors (Lipinski definition) is 3. The van der Waals surface area contributed by atoms with Gasteiger partial charge in [-0.1, -0.05) is 42.5 Å². The minimum Gasteiger partial charge on any atom is -0.360 e. The van der Waals surface area contributed by atoms with E-state index in [1.54, 1.807) is 30.3 Å². The van der Waals surface area contributed by atoms with E-state index in [0.717, 1.165) is 37.4 Å². The molecule has 4 nitrogen and oxygen atoms in total. The number of carbonyl (C=O) groups excluding carboxylic acids is 1. The standard InChI is InChI=1S/C26H24FN3O/c1-19(29-14-16-30(17-15-29)23-12-6-20(18-28)7-13-23)26(31)22-10-8-21(9-11-22)24-4-2-3-5-25(24)27/h2-13,19H,14-17H2,1H3/p+1/t19-/m0/s1. The third kappa shape index (κ3) is 4.50. The largest absolute Gasteiger partial charge is 0.360 e. The smallest absolute Gasteiger partial charge is 0.219 e. The van der Waals surface area contributed by atoms with E-state index in [0.29, 0.717) is 16.7 Å². The average molecular weight is 415 g/mol. The highest BCUT2D eigenvalue weighted by Gasteiger charge is 2.29. The van der Waals surface area contributed by atoms with Gasteiger partial charge in [-0.3, -0.25) is 4.79 Å². The Morgan fingerprint density at radius 2 is 1.65 bits per heavy atom. The molecule has 0 aliphatic carbocycles. The van der Waals surface area contributed by atoms with E-state index in [-0.39, 0.29) is 17.6 Å². The summed E-state index contributed by atoms with van der Waals surface area (Å²) in [5.74, 6) is -0.151. The van der Waals surface area contributed by atoms with E-state index >= 15 is 0 Å². The molecule has 1 fully saturated rings. The molecular formula is C26H25FN3O+. The van der Waals surface area contributed by atoms with Crippen LogP contribution in [0.3, 0.4) is 0 Å². The Morgan fingerprint density at radius 1 is 1.00 bits per heavy atom. The van der Waals surface area contributed by atoms with Gasteiger partial charge in [0.1, 0.15) is 11.9 Å². The highest BCUT2D eigenvalue weighted by molar-refractivity contribution is 5.99. The van der Waals surface area contributed by atoms with Crippen molar-refractivity contribution in [2.45, 2.75) is 13.0 Å². The van der Waals surface area contributed by atoms with Crippen LogP contribution in [0.25, 0.3) is 11.1 Å². The molecule has 0 aromatic heterocycles. The van der Waals surface area contributed by atoms with Crippen LogP contribution in [0.5, 0.6) is 0 Å². The van der Waals surface area contributed by atoms with Gasteiger partial charge in [-0.2, -0.15) is 5.26 Å². The van der Waals surface area contributed by atoms with Crippen LogP contribution in [0.1, 0.15) is 22.8 Å². The summed E-state index contributed by atoms with van der Waals surface area (Å²) in [6, 6.07) is 23.5. The average Bonchev–Trinajstić information content (AvgIpc) is 2.84. The zero-order valence-electron chi connectivity index (χ0n) is 17.5. The van der Waals surface area contributed by atoms with E-state index < -0.39 is 0 Å². The van der Waals surface area contributed by atoms with Gasteiger partial charge in [0.2, 0.25) is 5.78 Å². The predicted molar refractivity (Wildman–Crippen MR) is 120 cm³/mol. The predicted octanol–water partition coefficient (Wildman–Crippen LogP) is 3.34. The van der Waals surface area contributed by atoms with Crippen LogP contribution in [-0.4, -0.2) is 38.0 Å².